The van der Waals surface area contributed by atoms with E-state index in [9.17, 15) is 0 Å². The number of ether oxygens (including phenoxy) is 1. The summed E-state index contributed by atoms with van der Waals surface area (Å²) in [4.78, 5) is 8.26. The van der Waals surface area contributed by atoms with Crippen LogP contribution in [-0.4, -0.2) is 9.97 Å². The molecule has 0 saturated carbocycles. The van der Waals surface area contributed by atoms with Crippen LogP contribution < -0.4 is 4.74 Å². The Bertz CT molecular complexity index is 400. The van der Waals surface area contributed by atoms with Crippen molar-refractivity contribution < 1.29 is 4.74 Å². The molecule has 2 rings (SSSR count). The molecule has 0 aliphatic heterocycles. The lowest BCUT2D eigenvalue weighted by atomic mass is 10.5. The van der Waals surface area contributed by atoms with E-state index in [-0.39, 0.29) is 0 Å². The molecule has 0 saturated heterocycles. The van der Waals surface area contributed by atoms with E-state index < -0.39 is 0 Å². The van der Waals surface area contributed by atoms with Crippen molar-refractivity contribution in [1.82, 2.24) is 9.97 Å². The molecule has 3 nitrogen and oxygen atoms in total. The Hall–Kier alpha value is -1.42. The van der Waals surface area contributed by atoms with Crippen LogP contribution in [0.2, 0.25) is 0 Å². The fourth-order valence-corrected chi connectivity index (χ4v) is 1.73. The molecule has 0 atom stereocenters. The van der Waals surface area contributed by atoms with Gasteiger partial charge < -0.3 is 4.74 Å². The minimum Gasteiger partial charge on any atom is -0.485 e. The van der Waals surface area contributed by atoms with Gasteiger partial charge >= 0.3 is 0 Å². The smallest absolute Gasteiger partial charge is 0.140 e. The number of pyridine rings is 1. The Balaban J connectivity index is 1.95. The first-order valence-electron chi connectivity index (χ1n) is 4.28. The van der Waals surface area contributed by atoms with Gasteiger partial charge in [-0.05, 0) is 19.1 Å². The van der Waals surface area contributed by atoms with Crippen molar-refractivity contribution in [3.05, 3.63) is 40.6 Å². The van der Waals surface area contributed by atoms with Gasteiger partial charge in [0.2, 0.25) is 0 Å². The van der Waals surface area contributed by atoms with Crippen LogP contribution in [0.3, 0.4) is 0 Å². The highest BCUT2D eigenvalue weighted by Crippen LogP contribution is 2.13. The Morgan fingerprint density at radius 2 is 2.43 bits per heavy atom. The van der Waals surface area contributed by atoms with Crippen LogP contribution in [0.1, 0.15) is 10.7 Å². The largest absolute Gasteiger partial charge is 0.485 e. The summed E-state index contributed by atoms with van der Waals surface area (Å²) in [5.41, 5.74) is 1.04. The van der Waals surface area contributed by atoms with Crippen molar-refractivity contribution in [3.8, 4) is 5.75 Å². The lowest BCUT2D eigenvalue weighted by molar-refractivity contribution is 0.304. The highest BCUT2D eigenvalue weighted by molar-refractivity contribution is 7.09. The monoisotopic (exact) mass is 206 g/mol. The van der Waals surface area contributed by atoms with Crippen LogP contribution in [-0.2, 0) is 6.61 Å². The average Bonchev–Trinajstić information content (AvgIpc) is 2.63. The van der Waals surface area contributed by atoms with Gasteiger partial charge in [0, 0.05) is 17.3 Å². The van der Waals surface area contributed by atoms with Gasteiger partial charge in [0.25, 0.3) is 0 Å². The van der Waals surface area contributed by atoms with Crippen molar-refractivity contribution in [3.63, 3.8) is 0 Å². The maximum atomic E-state index is 5.49. The second-order valence-corrected chi connectivity index (χ2v) is 3.80. The first kappa shape index (κ1) is 9.15. The first-order chi connectivity index (χ1) is 6.84. The molecule has 2 aromatic rings. The summed E-state index contributed by atoms with van der Waals surface area (Å²) in [6.07, 6.45) is 3.42. The fourth-order valence-electron chi connectivity index (χ4n) is 1.05. The summed E-state index contributed by atoms with van der Waals surface area (Å²) in [6.45, 7) is 2.49. The molecule has 14 heavy (non-hydrogen) atoms. The van der Waals surface area contributed by atoms with Gasteiger partial charge in [-0.1, -0.05) is 0 Å². The molecule has 0 radical (unpaired) electrons. The van der Waals surface area contributed by atoms with Crippen LogP contribution in [0.15, 0.2) is 29.9 Å². The minimum atomic E-state index is 0.518. The van der Waals surface area contributed by atoms with E-state index in [0.29, 0.717) is 6.61 Å². The van der Waals surface area contributed by atoms with Gasteiger partial charge in [-0.25, -0.2) is 4.98 Å². The third kappa shape index (κ3) is 2.29. The number of aromatic nitrogens is 2. The third-order valence-corrected chi connectivity index (χ3v) is 2.60. The summed E-state index contributed by atoms with van der Waals surface area (Å²) in [5, 5.41) is 3.01. The van der Waals surface area contributed by atoms with Gasteiger partial charge in [0.15, 0.2) is 0 Å². The van der Waals surface area contributed by atoms with E-state index in [1.165, 1.54) is 0 Å². The van der Waals surface area contributed by atoms with Gasteiger partial charge in [0.05, 0.1) is 6.20 Å². The van der Waals surface area contributed by atoms with E-state index in [1.807, 2.05) is 24.4 Å². The second kappa shape index (κ2) is 4.19. The van der Waals surface area contributed by atoms with Crippen LogP contribution in [0, 0.1) is 6.92 Å². The van der Waals surface area contributed by atoms with Gasteiger partial charge in [-0.2, -0.15) is 0 Å². The summed E-state index contributed by atoms with van der Waals surface area (Å²) in [7, 11) is 0. The zero-order chi connectivity index (χ0) is 9.80. The van der Waals surface area contributed by atoms with Gasteiger partial charge in [-0.15, -0.1) is 11.3 Å². The predicted octanol–water partition coefficient (Wildman–Crippen LogP) is 2.43. The Labute approximate surface area is 86.4 Å². The van der Waals surface area contributed by atoms with Crippen LogP contribution >= 0.6 is 11.3 Å². The van der Waals surface area contributed by atoms with Crippen LogP contribution in [0.5, 0.6) is 5.75 Å². The first-order valence-corrected chi connectivity index (χ1v) is 5.16. The van der Waals surface area contributed by atoms with E-state index in [0.717, 1.165) is 16.5 Å². The lowest BCUT2D eigenvalue weighted by Gasteiger charge is -2.01. The Morgan fingerprint density at radius 3 is 3.07 bits per heavy atom. The maximum absolute atomic E-state index is 5.49. The third-order valence-electron chi connectivity index (χ3n) is 1.66. The quantitative estimate of drug-likeness (QED) is 0.773. The summed E-state index contributed by atoms with van der Waals surface area (Å²) in [5.74, 6) is 0.778. The zero-order valence-electron chi connectivity index (χ0n) is 7.80. The number of nitrogens with zero attached hydrogens (tertiary/aromatic N) is 2. The molecule has 0 bridgehead atoms. The van der Waals surface area contributed by atoms with E-state index in [4.69, 9.17) is 4.74 Å². The second-order valence-electron chi connectivity index (χ2n) is 2.86. The molecule has 2 aromatic heterocycles. The van der Waals surface area contributed by atoms with Crippen molar-refractivity contribution in [2.24, 2.45) is 0 Å². The maximum Gasteiger partial charge on any atom is 0.140 e. The standard InChI is InChI=1S/C10H10N2OS/c1-8-7-14-10(12-8)6-13-9-3-2-4-11-5-9/h2-5,7H,6H2,1H3. The van der Waals surface area contributed by atoms with Gasteiger partial charge in [0.1, 0.15) is 17.4 Å². The van der Waals surface area contributed by atoms with E-state index in [1.54, 1.807) is 23.7 Å². The normalized spacial score (nSPS) is 10.1. The molecule has 0 aromatic carbocycles. The Kier molecular flexibility index (Phi) is 2.74. The molecule has 0 N–H and O–H groups in total. The predicted molar refractivity (Wildman–Crippen MR) is 55.4 cm³/mol. The molecule has 0 amide bonds. The molecule has 4 heteroatoms. The topological polar surface area (TPSA) is 35.0 Å². The van der Waals surface area contributed by atoms with Crippen LogP contribution in [0.4, 0.5) is 0 Å². The van der Waals surface area contributed by atoms with Gasteiger partial charge in [-0.3, -0.25) is 4.98 Å². The molecule has 2 heterocycles. The SMILES string of the molecule is Cc1csc(COc2cccnc2)n1. The molecule has 0 unspecified atom stereocenters. The van der Waals surface area contributed by atoms with Crippen molar-refractivity contribution in [1.29, 1.82) is 0 Å². The number of aryl methyl sites for hydroxylation is 1. The number of hydrogen-bond donors (Lipinski definition) is 0. The summed E-state index contributed by atoms with van der Waals surface area (Å²) < 4.78 is 5.49. The van der Waals surface area contributed by atoms with Crippen molar-refractivity contribution in [2.45, 2.75) is 13.5 Å². The highest BCUT2D eigenvalue weighted by atomic mass is 32.1. The van der Waals surface area contributed by atoms with Crippen molar-refractivity contribution in [2.75, 3.05) is 0 Å². The zero-order valence-corrected chi connectivity index (χ0v) is 8.62. The molecular formula is C10H10N2OS. The number of hydrogen-bond acceptors (Lipinski definition) is 4. The molecule has 0 aliphatic rings. The molecule has 72 valence electrons. The molecule has 0 fully saturated rings. The average molecular weight is 206 g/mol. The number of thiazole rings is 1. The molecule has 0 spiro atoms. The summed E-state index contributed by atoms with van der Waals surface area (Å²) in [6, 6.07) is 3.73. The number of rotatable bonds is 3. The van der Waals surface area contributed by atoms with Crippen molar-refractivity contribution >= 4 is 11.3 Å². The lowest BCUT2D eigenvalue weighted by Crippen LogP contribution is -1.94. The Morgan fingerprint density at radius 1 is 1.50 bits per heavy atom. The summed E-state index contributed by atoms with van der Waals surface area (Å²) >= 11 is 1.61. The van der Waals surface area contributed by atoms with E-state index in [2.05, 4.69) is 9.97 Å². The minimum absolute atomic E-state index is 0.518. The highest BCUT2D eigenvalue weighted by Gasteiger charge is 1.99. The van der Waals surface area contributed by atoms with E-state index >= 15 is 0 Å². The molecule has 0 aliphatic carbocycles. The fraction of sp³-hybridized carbons (Fsp3) is 0.200. The van der Waals surface area contributed by atoms with Crippen LogP contribution in [0.25, 0.3) is 0 Å². The molecular weight excluding hydrogens is 196 g/mol.